The normalized spacial score (nSPS) is 15.8. The average Bonchev–Trinajstić information content (AvgIpc) is 2.56. The fourth-order valence-electron chi connectivity index (χ4n) is 2.10. The molecule has 0 atom stereocenters. The van der Waals surface area contributed by atoms with Crippen molar-refractivity contribution in [3.8, 4) is 23.8 Å². The molecule has 1 fully saturated rings. The maximum atomic E-state index is 12.3. The lowest BCUT2D eigenvalue weighted by atomic mass is 10.1. The van der Waals surface area contributed by atoms with Gasteiger partial charge < -0.3 is 9.47 Å². The summed E-state index contributed by atoms with van der Waals surface area (Å²) in [6.07, 6.45) is 6.61. The van der Waals surface area contributed by atoms with Gasteiger partial charge in [0, 0.05) is 7.05 Å². The molecular formula is C17H15ClN2O4S. The summed E-state index contributed by atoms with van der Waals surface area (Å²) in [5.41, 5.74) is 0.438. The number of thiocarbonyl (C=S) groups is 1. The molecule has 0 spiro atoms. The van der Waals surface area contributed by atoms with E-state index in [0.717, 1.165) is 0 Å². The summed E-state index contributed by atoms with van der Waals surface area (Å²) >= 11 is 11.1. The molecule has 1 N–H and O–H groups in total. The van der Waals surface area contributed by atoms with Crippen molar-refractivity contribution in [2.75, 3.05) is 20.3 Å². The van der Waals surface area contributed by atoms with Crippen LogP contribution in [0.2, 0.25) is 5.02 Å². The molecule has 8 heteroatoms. The van der Waals surface area contributed by atoms with E-state index >= 15 is 0 Å². The van der Waals surface area contributed by atoms with Crippen LogP contribution in [0.25, 0.3) is 6.08 Å². The lowest BCUT2D eigenvalue weighted by molar-refractivity contribution is -0.128. The standard InChI is InChI=1S/C17H15ClN2O4S/c1-4-6-24-14-12(18)8-10(9-13(14)23-5-2)7-11-15(21)19-17(25)20(3)16(11)22/h1,7-9H,5-6H2,2-3H3,(H,19,21,25)/b11-7+. The number of hydrogen-bond donors (Lipinski definition) is 1. The van der Waals surface area contributed by atoms with E-state index in [0.29, 0.717) is 23.7 Å². The quantitative estimate of drug-likeness (QED) is 0.367. The van der Waals surface area contributed by atoms with Crippen LogP contribution in [0.4, 0.5) is 0 Å². The van der Waals surface area contributed by atoms with E-state index < -0.39 is 11.8 Å². The number of amides is 2. The maximum Gasteiger partial charge on any atom is 0.265 e. The molecule has 2 amide bonds. The highest BCUT2D eigenvalue weighted by Gasteiger charge is 2.30. The van der Waals surface area contributed by atoms with E-state index in [1.807, 2.05) is 0 Å². The molecule has 1 aromatic rings. The Morgan fingerprint density at radius 1 is 1.40 bits per heavy atom. The van der Waals surface area contributed by atoms with E-state index in [1.165, 1.54) is 18.0 Å². The molecular weight excluding hydrogens is 364 g/mol. The molecule has 0 radical (unpaired) electrons. The summed E-state index contributed by atoms with van der Waals surface area (Å²) in [5, 5.41) is 2.75. The van der Waals surface area contributed by atoms with E-state index in [1.54, 1.807) is 19.1 Å². The molecule has 25 heavy (non-hydrogen) atoms. The number of terminal acetylenes is 1. The molecule has 0 aromatic heterocycles. The second-order valence-electron chi connectivity index (χ2n) is 4.94. The van der Waals surface area contributed by atoms with E-state index in [-0.39, 0.29) is 22.3 Å². The number of halogens is 1. The molecule has 1 heterocycles. The highest BCUT2D eigenvalue weighted by molar-refractivity contribution is 7.80. The van der Waals surface area contributed by atoms with Crippen molar-refractivity contribution < 1.29 is 19.1 Å². The Morgan fingerprint density at radius 2 is 2.12 bits per heavy atom. The Morgan fingerprint density at radius 3 is 2.76 bits per heavy atom. The third-order valence-electron chi connectivity index (χ3n) is 3.25. The van der Waals surface area contributed by atoms with Gasteiger partial charge in [-0.2, -0.15) is 0 Å². The number of rotatable bonds is 5. The van der Waals surface area contributed by atoms with Gasteiger partial charge in [-0.05, 0) is 42.9 Å². The second-order valence-corrected chi connectivity index (χ2v) is 5.73. The molecule has 0 saturated carbocycles. The molecule has 0 bridgehead atoms. The van der Waals surface area contributed by atoms with Crippen molar-refractivity contribution in [1.29, 1.82) is 0 Å². The minimum atomic E-state index is -0.574. The first-order valence-electron chi connectivity index (χ1n) is 7.26. The predicted molar refractivity (Wildman–Crippen MR) is 98.4 cm³/mol. The second kappa shape index (κ2) is 8.01. The summed E-state index contributed by atoms with van der Waals surface area (Å²) in [6, 6.07) is 3.16. The molecule has 1 aromatic carbocycles. The molecule has 0 aliphatic carbocycles. The molecule has 1 aliphatic heterocycles. The summed E-state index contributed by atoms with van der Waals surface area (Å²) in [5.74, 6) is 1.94. The highest BCUT2D eigenvalue weighted by atomic mass is 35.5. The zero-order valence-electron chi connectivity index (χ0n) is 13.6. The zero-order valence-corrected chi connectivity index (χ0v) is 15.2. The SMILES string of the molecule is C#CCOc1c(Cl)cc(/C=C2\C(=O)NC(=S)N(C)C2=O)cc1OCC. The number of carbonyl (C=O) groups excluding carboxylic acids is 2. The van der Waals surface area contributed by atoms with Crippen molar-refractivity contribution in [1.82, 2.24) is 10.2 Å². The van der Waals surface area contributed by atoms with Gasteiger partial charge in [0.15, 0.2) is 16.6 Å². The van der Waals surface area contributed by atoms with Crippen LogP contribution < -0.4 is 14.8 Å². The van der Waals surface area contributed by atoms with Gasteiger partial charge in [0.05, 0.1) is 11.6 Å². The third-order valence-corrected chi connectivity index (χ3v) is 3.90. The summed E-state index contributed by atoms with van der Waals surface area (Å²) in [6.45, 7) is 2.21. The smallest absolute Gasteiger partial charge is 0.265 e. The van der Waals surface area contributed by atoms with Gasteiger partial charge in [0.1, 0.15) is 12.2 Å². The molecule has 1 saturated heterocycles. The number of nitrogens with one attached hydrogen (secondary N) is 1. The van der Waals surface area contributed by atoms with Crippen LogP contribution in [-0.2, 0) is 9.59 Å². The van der Waals surface area contributed by atoms with Gasteiger partial charge in [-0.25, -0.2) is 0 Å². The van der Waals surface area contributed by atoms with Crippen molar-refractivity contribution in [3.05, 3.63) is 28.3 Å². The zero-order chi connectivity index (χ0) is 18.6. The molecule has 130 valence electrons. The average molecular weight is 379 g/mol. The largest absolute Gasteiger partial charge is 0.490 e. The molecule has 0 unspecified atom stereocenters. The van der Waals surface area contributed by atoms with Crippen LogP contribution >= 0.6 is 23.8 Å². The van der Waals surface area contributed by atoms with Crippen molar-refractivity contribution in [2.24, 2.45) is 0 Å². The number of carbonyl (C=O) groups is 2. The first-order valence-corrected chi connectivity index (χ1v) is 8.05. The van der Waals surface area contributed by atoms with Crippen molar-refractivity contribution >= 4 is 46.8 Å². The Bertz CT molecular complexity index is 814. The third kappa shape index (κ3) is 4.10. The number of nitrogens with zero attached hydrogens (tertiary/aromatic N) is 1. The summed E-state index contributed by atoms with van der Waals surface area (Å²) in [4.78, 5) is 25.5. The van der Waals surface area contributed by atoms with Crippen LogP contribution in [0.3, 0.4) is 0 Å². The van der Waals surface area contributed by atoms with Crippen LogP contribution in [0.1, 0.15) is 12.5 Å². The monoisotopic (exact) mass is 378 g/mol. The Kier molecular flexibility index (Phi) is 6.02. The first kappa shape index (κ1) is 18.8. The summed E-state index contributed by atoms with van der Waals surface area (Å²) < 4.78 is 10.9. The Labute approximate surface area is 155 Å². The Hall–Kier alpha value is -2.56. The molecule has 1 aliphatic rings. The van der Waals surface area contributed by atoms with Crippen LogP contribution in [0.5, 0.6) is 11.5 Å². The fraction of sp³-hybridized carbons (Fsp3) is 0.235. The number of hydrogen-bond acceptors (Lipinski definition) is 5. The van der Waals surface area contributed by atoms with Gasteiger partial charge in [0.25, 0.3) is 11.8 Å². The lowest BCUT2D eigenvalue weighted by Crippen LogP contribution is -2.52. The van der Waals surface area contributed by atoms with E-state index in [2.05, 4.69) is 11.2 Å². The van der Waals surface area contributed by atoms with Gasteiger partial charge in [-0.1, -0.05) is 17.5 Å². The minimum absolute atomic E-state index is 0.0311. The van der Waals surface area contributed by atoms with Crippen LogP contribution in [0.15, 0.2) is 17.7 Å². The molecule has 6 nitrogen and oxygen atoms in total. The Balaban J connectivity index is 2.45. The van der Waals surface area contributed by atoms with E-state index in [9.17, 15) is 9.59 Å². The predicted octanol–water partition coefficient (Wildman–Crippen LogP) is 2.01. The lowest BCUT2D eigenvalue weighted by Gasteiger charge is -2.25. The maximum absolute atomic E-state index is 12.3. The number of likely N-dealkylation sites (N-methyl/N-ethyl adjacent to an activating group) is 1. The number of ether oxygens (including phenoxy) is 2. The first-order chi connectivity index (χ1) is 11.9. The van der Waals surface area contributed by atoms with Crippen molar-refractivity contribution in [3.63, 3.8) is 0 Å². The van der Waals surface area contributed by atoms with Gasteiger partial charge >= 0.3 is 0 Å². The molecule has 2 rings (SSSR count). The van der Waals surface area contributed by atoms with Gasteiger partial charge in [-0.3, -0.25) is 19.8 Å². The topological polar surface area (TPSA) is 67.9 Å². The van der Waals surface area contributed by atoms with Crippen molar-refractivity contribution in [2.45, 2.75) is 6.92 Å². The van der Waals surface area contributed by atoms with Crippen LogP contribution in [-0.4, -0.2) is 42.1 Å². The van der Waals surface area contributed by atoms with Gasteiger partial charge in [0.2, 0.25) is 0 Å². The van der Waals surface area contributed by atoms with E-state index in [4.69, 9.17) is 39.7 Å². The minimum Gasteiger partial charge on any atom is -0.490 e. The fourth-order valence-corrected chi connectivity index (χ4v) is 2.55. The van der Waals surface area contributed by atoms with Gasteiger partial charge in [-0.15, -0.1) is 6.42 Å². The highest BCUT2D eigenvalue weighted by Crippen LogP contribution is 2.37. The number of benzene rings is 1. The summed E-state index contributed by atoms with van der Waals surface area (Å²) in [7, 11) is 1.48. The van der Waals surface area contributed by atoms with Crippen LogP contribution in [0, 0.1) is 12.3 Å².